The van der Waals surface area contributed by atoms with Crippen molar-refractivity contribution >= 4 is 5.91 Å². The maximum atomic E-state index is 13.0. The average molecular weight is 316 g/mol. The first-order chi connectivity index (χ1) is 11.2. The minimum atomic E-state index is 0.231. The molecule has 2 unspecified atom stereocenters. The highest BCUT2D eigenvalue weighted by Gasteiger charge is 2.42. The van der Waals surface area contributed by atoms with Crippen LogP contribution in [0.25, 0.3) is 0 Å². The maximum Gasteiger partial charge on any atom is 0.225 e. The van der Waals surface area contributed by atoms with Gasteiger partial charge in [-0.1, -0.05) is 6.42 Å². The molecule has 1 aromatic heterocycles. The van der Waals surface area contributed by atoms with Gasteiger partial charge in [0.15, 0.2) is 0 Å². The zero-order valence-electron chi connectivity index (χ0n) is 13.8. The predicted molar refractivity (Wildman–Crippen MR) is 88.6 cm³/mol. The van der Waals surface area contributed by atoms with E-state index in [1.807, 2.05) is 18.7 Å². The molecule has 1 amide bonds. The van der Waals surface area contributed by atoms with Crippen molar-refractivity contribution in [3.8, 4) is 0 Å². The summed E-state index contributed by atoms with van der Waals surface area (Å²) in [6, 6.07) is 0.848. The van der Waals surface area contributed by atoms with Crippen LogP contribution in [0.5, 0.6) is 0 Å². The van der Waals surface area contributed by atoms with E-state index in [-0.39, 0.29) is 5.92 Å². The Kier molecular flexibility index (Phi) is 4.14. The van der Waals surface area contributed by atoms with Gasteiger partial charge in [0, 0.05) is 43.5 Å². The van der Waals surface area contributed by atoms with E-state index < -0.39 is 0 Å². The standard InChI is InChI=1S/C18H28N4O/c19-17-13-2-1-3-14(17)11-15(10-13)18(23)21-7-4-16(5-8-21)22-9-6-20-12-22/h6,9,12-17H,1-5,7-8,10-11,19H2. The first-order valence-electron chi connectivity index (χ1n) is 9.24. The summed E-state index contributed by atoms with van der Waals surface area (Å²) >= 11 is 0. The third kappa shape index (κ3) is 2.91. The molecule has 2 saturated carbocycles. The van der Waals surface area contributed by atoms with E-state index in [0.29, 0.717) is 29.8 Å². The molecular weight excluding hydrogens is 288 g/mol. The minimum Gasteiger partial charge on any atom is -0.342 e. The number of nitrogens with two attached hydrogens (primary N) is 1. The SMILES string of the molecule is NC1C2CCCC1CC(C(=O)N1CCC(n3ccnc3)CC1)C2. The fraction of sp³-hybridized carbons (Fsp3) is 0.778. The third-order valence-electron chi connectivity index (χ3n) is 6.48. The molecular formula is C18H28N4O. The molecule has 0 spiro atoms. The van der Waals surface area contributed by atoms with Crippen molar-refractivity contribution in [1.29, 1.82) is 0 Å². The molecule has 2 N–H and O–H groups in total. The molecule has 5 heteroatoms. The number of carbonyl (C=O) groups excluding carboxylic acids is 1. The van der Waals surface area contributed by atoms with Crippen LogP contribution in [0, 0.1) is 17.8 Å². The molecule has 3 fully saturated rings. The van der Waals surface area contributed by atoms with Gasteiger partial charge in [0.05, 0.1) is 6.33 Å². The molecule has 0 aromatic carbocycles. The average Bonchev–Trinajstić information content (AvgIpc) is 3.08. The van der Waals surface area contributed by atoms with Crippen molar-refractivity contribution in [3.63, 3.8) is 0 Å². The van der Waals surface area contributed by atoms with Crippen LogP contribution in [0.15, 0.2) is 18.7 Å². The summed E-state index contributed by atoms with van der Waals surface area (Å²) in [7, 11) is 0. The van der Waals surface area contributed by atoms with Gasteiger partial charge in [-0.05, 0) is 50.4 Å². The number of hydrogen-bond donors (Lipinski definition) is 1. The smallest absolute Gasteiger partial charge is 0.225 e. The van der Waals surface area contributed by atoms with E-state index in [1.54, 1.807) is 0 Å². The molecule has 2 atom stereocenters. The van der Waals surface area contributed by atoms with E-state index in [1.165, 1.54) is 19.3 Å². The van der Waals surface area contributed by atoms with Crippen LogP contribution in [0.4, 0.5) is 0 Å². The number of carbonyl (C=O) groups is 1. The minimum absolute atomic E-state index is 0.231. The molecule has 1 aliphatic heterocycles. The largest absolute Gasteiger partial charge is 0.342 e. The van der Waals surface area contributed by atoms with E-state index in [9.17, 15) is 4.79 Å². The van der Waals surface area contributed by atoms with Crippen LogP contribution in [-0.2, 0) is 4.79 Å². The lowest BCUT2D eigenvalue weighted by atomic mass is 9.65. The van der Waals surface area contributed by atoms with Gasteiger partial charge in [0.2, 0.25) is 5.91 Å². The third-order valence-corrected chi connectivity index (χ3v) is 6.48. The van der Waals surface area contributed by atoms with Crippen LogP contribution < -0.4 is 5.73 Å². The second-order valence-corrected chi connectivity index (χ2v) is 7.76. The molecule has 23 heavy (non-hydrogen) atoms. The summed E-state index contributed by atoms with van der Waals surface area (Å²) in [6.07, 6.45) is 13.7. The van der Waals surface area contributed by atoms with Crippen LogP contribution in [0.2, 0.25) is 0 Å². The van der Waals surface area contributed by atoms with Gasteiger partial charge < -0.3 is 15.2 Å². The van der Waals surface area contributed by atoms with Gasteiger partial charge in [-0.2, -0.15) is 0 Å². The summed E-state index contributed by atoms with van der Waals surface area (Å²) in [6.45, 7) is 1.78. The summed E-state index contributed by atoms with van der Waals surface area (Å²) in [5, 5.41) is 0. The molecule has 5 nitrogen and oxygen atoms in total. The number of aromatic nitrogens is 2. The second-order valence-electron chi connectivity index (χ2n) is 7.76. The number of imidazole rings is 1. The highest BCUT2D eigenvalue weighted by atomic mass is 16.2. The number of nitrogens with zero attached hydrogens (tertiary/aromatic N) is 3. The fourth-order valence-corrected chi connectivity index (χ4v) is 5.12. The van der Waals surface area contributed by atoms with E-state index in [0.717, 1.165) is 38.8 Å². The van der Waals surface area contributed by atoms with Crippen molar-refractivity contribution in [2.75, 3.05) is 13.1 Å². The molecule has 2 heterocycles. The molecule has 4 rings (SSSR count). The van der Waals surface area contributed by atoms with E-state index in [2.05, 4.69) is 14.5 Å². The number of piperidine rings is 1. The van der Waals surface area contributed by atoms with Gasteiger partial charge in [0.25, 0.3) is 0 Å². The fourth-order valence-electron chi connectivity index (χ4n) is 5.12. The highest BCUT2D eigenvalue weighted by molar-refractivity contribution is 5.79. The molecule has 126 valence electrons. The number of likely N-dealkylation sites (tertiary alicyclic amines) is 1. The number of amides is 1. The molecule has 2 aliphatic carbocycles. The molecule has 3 aliphatic rings. The Labute approximate surface area is 138 Å². The summed E-state index contributed by atoms with van der Waals surface area (Å²) in [5.74, 6) is 1.80. The van der Waals surface area contributed by atoms with Crippen molar-refractivity contribution < 1.29 is 4.79 Å². The van der Waals surface area contributed by atoms with Crippen LogP contribution in [0.3, 0.4) is 0 Å². The van der Waals surface area contributed by atoms with Crippen molar-refractivity contribution in [1.82, 2.24) is 14.5 Å². The monoisotopic (exact) mass is 316 g/mol. The molecule has 0 radical (unpaired) electrons. The Morgan fingerprint density at radius 3 is 2.39 bits per heavy atom. The summed E-state index contributed by atoms with van der Waals surface area (Å²) in [4.78, 5) is 19.2. The lowest BCUT2D eigenvalue weighted by Crippen LogP contribution is -2.50. The Hall–Kier alpha value is -1.36. The van der Waals surface area contributed by atoms with Crippen LogP contribution in [0.1, 0.15) is 51.0 Å². The van der Waals surface area contributed by atoms with E-state index >= 15 is 0 Å². The first-order valence-corrected chi connectivity index (χ1v) is 9.24. The first kappa shape index (κ1) is 15.2. The molecule has 1 aromatic rings. The highest BCUT2D eigenvalue weighted by Crippen LogP contribution is 2.42. The normalized spacial score (nSPS) is 35.3. The number of rotatable bonds is 2. The Morgan fingerprint density at radius 2 is 1.78 bits per heavy atom. The quantitative estimate of drug-likeness (QED) is 0.910. The zero-order valence-corrected chi connectivity index (χ0v) is 13.8. The Morgan fingerprint density at radius 1 is 1.09 bits per heavy atom. The topological polar surface area (TPSA) is 64.2 Å². The van der Waals surface area contributed by atoms with Gasteiger partial charge in [0.1, 0.15) is 0 Å². The lowest BCUT2D eigenvalue weighted by molar-refractivity contribution is -0.140. The van der Waals surface area contributed by atoms with Crippen LogP contribution in [-0.4, -0.2) is 39.5 Å². The van der Waals surface area contributed by atoms with Gasteiger partial charge in [-0.25, -0.2) is 4.98 Å². The summed E-state index contributed by atoms with van der Waals surface area (Å²) in [5.41, 5.74) is 6.36. The molecule has 2 bridgehead atoms. The number of fused-ring (bicyclic) bond motifs is 2. The summed E-state index contributed by atoms with van der Waals surface area (Å²) < 4.78 is 2.19. The Bertz CT molecular complexity index is 521. The lowest BCUT2D eigenvalue weighted by Gasteiger charge is -2.45. The Balaban J connectivity index is 1.35. The number of hydrogen-bond acceptors (Lipinski definition) is 3. The van der Waals surface area contributed by atoms with Gasteiger partial charge >= 0.3 is 0 Å². The van der Waals surface area contributed by atoms with Crippen molar-refractivity contribution in [3.05, 3.63) is 18.7 Å². The van der Waals surface area contributed by atoms with Crippen LogP contribution >= 0.6 is 0 Å². The predicted octanol–water partition coefficient (Wildman–Crippen LogP) is 2.20. The van der Waals surface area contributed by atoms with Gasteiger partial charge in [-0.15, -0.1) is 0 Å². The maximum absolute atomic E-state index is 13.0. The second kappa shape index (κ2) is 6.27. The molecule has 1 saturated heterocycles. The van der Waals surface area contributed by atoms with E-state index in [4.69, 9.17) is 5.73 Å². The zero-order chi connectivity index (χ0) is 15.8. The van der Waals surface area contributed by atoms with Crippen molar-refractivity contribution in [2.24, 2.45) is 23.5 Å². The van der Waals surface area contributed by atoms with Gasteiger partial charge in [-0.3, -0.25) is 4.79 Å². The van der Waals surface area contributed by atoms with Crippen molar-refractivity contribution in [2.45, 2.75) is 57.0 Å².